The van der Waals surface area contributed by atoms with Gasteiger partial charge in [-0.3, -0.25) is 0 Å². The van der Waals surface area contributed by atoms with Crippen LogP contribution >= 0.6 is 0 Å². The Bertz CT molecular complexity index is 446. The van der Waals surface area contributed by atoms with Gasteiger partial charge < -0.3 is 5.32 Å². The fourth-order valence-electron chi connectivity index (χ4n) is 3.28. The summed E-state index contributed by atoms with van der Waals surface area (Å²) in [6.45, 7) is 19.1. The minimum Gasteiger partial charge on any atom is -0.360 e. The van der Waals surface area contributed by atoms with Gasteiger partial charge in [-0.05, 0) is 50.0 Å². The second kappa shape index (κ2) is 7.39. The molecular formula is C19H29N. The Morgan fingerprint density at radius 1 is 1.35 bits per heavy atom. The first-order valence-electron chi connectivity index (χ1n) is 7.62. The van der Waals surface area contributed by atoms with Crippen LogP contribution in [0.2, 0.25) is 0 Å². The highest BCUT2D eigenvalue weighted by molar-refractivity contribution is 5.20. The second-order valence-corrected chi connectivity index (χ2v) is 6.12. The Labute approximate surface area is 125 Å². The molecule has 1 heteroatoms. The van der Waals surface area contributed by atoms with Gasteiger partial charge in [0.05, 0.1) is 0 Å². The number of allylic oxidation sites excluding steroid dienone is 3. The molecule has 0 aliphatic heterocycles. The summed E-state index contributed by atoms with van der Waals surface area (Å²) >= 11 is 0. The highest BCUT2D eigenvalue weighted by Gasteiger charge is 2.40. The molecule has 1 fully saturated rings. The normalized spacial score (nSPS) is 30.6. The van der Waals surface area contributed by atoms with E-state index in [1.807, 2.05) is 26.0 Å². The highest BCUT2D eigenvalue weighted by atomic mass is 14.9. The predicted octanol–water partition coefficient (Wildman–Crippen LogP) is 4.75. The molecule has 0 saturated heterocycles. The van der Waals surface area contributed by atoms with E-state index in [0.717, 1.165) is 17.3 Å². The molecule has 110 valence electrons. The quantitative estimate of drug-likeness (QED) is 0.562. The van der Waals surface area contributed by atoms with Crippen molar-refractivity contribution in [3.63, 3.8) is 0 Å². The van der Waals surface area contributed by atoms with Crippen molar-refractivity contribution >= 4 is 0 Å². The third-order valence-corrected chi connectivity index (χ3v) is 4.76. The van der Waals surface area contributed by atoms with Gasteiger partial charge in [0, 0.05) is 17.3 Å². The molecule has 0 radical (unpaired) electrons. The van der Waals surface area contributed by atoms with Crippen molar-refractivity contribution in [2.75, 3.05) is 0 Å². The average Bonchev–Trinajstić information content (AvgIpc) is 2.66. The lowest BCUT2D eigenvalue weighted by atomic mass is 9.81. The van der Waals surface area contributed by atoms with Crippen LogP contribution in [-0.4, -0.2) is 0 Å². The molecular weight excluding hydrogens is 242 g/mol. The van der Waals surface area contributed by atoms with E-state index in [4.69, 9.17) is 0 Å². The zero-order valence-corrected chi connectivity index (χ0v) is 13.7. The minimum atomic E-state index is 0.412. The Hall–Kier alpha value is -1.42. The largest absolute Gasteiger partial charge is 0.360 e. The first-order valence-corrected chi connectivity index (χ1v) is 7.62. The molecule has 1 nitrogen and oxygen atoms in total. The summed E-state index contributed by atoms with van der Waals surface area (Å²) in [5.41, 5.74) is 1.96. The van der Waals surface area contributed by atoms with Gasteiger partial charge in [0.1, 0.15) is 0 Å². The first kappa shape index (κ1) is 16.6. The van der Waals surface area contributed by atoms with Crippen LogP contribution in [0, 0.1) is 41.4 Å². The summed E-state index contributed by atoms with van der Waals surface area (Å²) < 4.78 is 0. The number of nitrogens with one attached hydrogen (secondary N) is 1. The smallest absolute Gasteiger partial charge is 0.0305 e. The molecule has 1 saturated carbocycles. The molecule has 0 aromatic heterocycles. The van der Waals surface area contributed by atoms with Gasteiger partial charge in [0.2, 0.25) is 0 Å². The molecule has 5 unspecified atom stereocenters. The Kier molecular flexibility index (Phi) is 6.14. The molecule has 5 atom stereocenters. The SMILES string of the molecule is C=C(/C=C\C)NC(=C)C(C)C1CC(C)C(C)C1C#CC. The van der Waals surface area contributed by atoms with Gasteiger partial charge >= 0.3 is 0 Å². The first-order chi connectivity index (χ1) is 9.42. The third kappa shape index (κ3) is 3.79. The maximum atomic E-state index is 4.21. The van der Waals surface area contributed by atoms with Crippen molar-refractivity contribution in [2.45, 2.75) is 41.0 Å². The molecule has 1 N–H and O–H groups in total. The van der Waals surface area contributed by atoms with Gasteiger partial charge in [0.15, 0.2) is 0 Å². The van der Waals surface area contributed by atoms with Crippen LogP contribution in [0.1, 0.15) is 41.0 Å². The van der Waals surface area contributed by atoms with Crippen molar-refractivity contribution in [1.82, 2.24) is 5.32 Å². The topological polar surface area (TPSA) is 12.0 Å². The summed E-state index contributed by atoms with van der Waals surface area (Å²) in [7, 11) is 0. The van der Waals surface area contributed by atoms with Gasteiger partial charge in [-0.15, -0.1) is 5.92 Å². The lowest BCUT2D eigenvalue weighted by Gasteiger charge is -2.27. The van der Waals surface area contributed by atoms with Gasteiger partial charge in [-0.1, -0.05) is 45.9 Å². The Morgan fingerprint density at radius 2 is 2.00 bits per heavy atom. The van der Waals surface area contributed by atoms with Crippen molar-refractivity contribution in [2.24, 2.45) is 29.6 Å². The minimum absolute atomic E-state index is 0.412. The standard InChI is InChI=1S/C19H29N/c1-8-10-14(4)20-17(7)16(6)19-12-13(3)15(5)18(19)11-9-2/h8,10,13,15-16,18-20H,4,7,12H2,1-3,5-6H3/b10-8-. The Morgan fingerprint density at radius 3 is 2.55 bits per heavy atom. The molecule has 1 aliphatic carbocycles. The van der Waals surface area contributed by atoms with E-state index >= 15 is 0 Å². The van der Waals surface area contributed by atoms with Crippen LogP contribution < -0.4 is 5.32 Å². The molecule has 0 heterocycles. The van der Waals surface area contributed by atoms with Crippen molar-refractivity contribution < 1.29 is 0 Å². The zero-order chi connectivity index (χ0) is 15.3. The van der Waals surface area contributed by atoms with E-state index in [9.17, 15) is 0 Å². The van der Waals surface area contributed by atoms with E-state index in [1.54, 1.807) is 0 Å². The molecule has 1 aliphatic rings. The highest BCUT2D eigenvalue weighted by Crippen LogP contribution is 2.45. The van der Waals surface area contributed by atoms with Crippen LogP contribution in [-0.2, 0) is 0 Å². The molecule has 20 heavy (non-hydrogen) atoms. The van der Waals surface area contributed by atoms with E-state index in [2.05, 4.69) is 51.1 Å². The molecule has 1 rings (SSSR count). The lowest BCUT2D eigenvalue weighted by Crippen LogP contribution is -2.25. The van der Waals surface area contributed by atoms with Crippen LogP contribution in [0.5, 0.6) is 0 Å². The van der Waals surface area contributed by atoms with E-state index < -0.39 is 0 Å². The van der Waals surface area contributed by atoms with Gasteiger partial charge in [-0.25, -0.2) is 0 Å². The molecule has 0 spiro atoms. The van der Waals surface area contributed by atoms with Crippen LogP contribution in [0.25, 0.3) is 0 Å². The fraction of sp³-hybridized carbons (Fsp3) is 0.579. The lowest BCUT2D eigenvalue weighted by molar-refractivity contribution is 0.326. The Balaban J connectivity index is 2.78. The molecule has 0 bridgehead atoms. The summed E-state index contributed by atoms with van der Waals surface area (Å²) in [6.07, 6.45) is 5.19. The van der Waals surface area contributed by atoms with Crippen molar-refractivity contribution in [3.05, 3.63) is 36.7 Å². The van der Waals surface area contributed by atoms with Crippen LogP contribution in [0.4, 0.5) is 0 Å². The maximum absolute atomic E-state index is 4.21. The van der Waals surface area contributed by atoms with E-state index in [1.165, 1.54) is 6.42 Å². The van der Waals surface area contributed by atoms with Crippen LogP contribution in [0.15, 0.2) is 36.7 Å². The maximum Gasteiger partial charge on any atom is 0.0305 e. The zero-order valence-electron chi connectivity index (χ0n) is 13.7. The average molecular weight is 271 g/mol. The summed E-state index contributed by atoms with van der Waals surface area (Å²) in [5, 5.41) is 3.33. The third-order valence-electron chi connectivity index (χ3n) is 4.76. The number of hydrogen-bond acceptors (Lipinski definition) is 1. The van der Waals surface area contributed by atoms with E-state index in [0.29, 0.717) is 23.7 Å². The van der Waals surface area contributed by atoms with Gasteiger partial charge in [0.25, 0.3) is 0 Å². The summed E-state index contributed by atoms with van der Waals surface area (Å²) in [5.74, 6) is 9.44. The summed E-state index contributed by atoms with van der Waals surface area (Å²) in [6, 6.07) is 0. The van der Waals surface area contributed by atoms with Crippen molar-refractivity contribution in [3.8, 4) is 11.8 Å². The summed E-state index contributed by atoms with van der Waals surface area (Å²) in [4.78, 5) is 0. The molecule has 0 amide bonds. The van der Waals surface area contributed by atoms with Crippen molar-refractivity contribution in [1.29, 1.82) is 0 Å². The predicted molar refractivity (Wildman–Crippen MR) is 88.8 cm³/mol. The fourth-order valence-corrected chi connectivity index (χ4v) is 3.28. The second-order valence-electron chi connectivity index (χ2n) is 6.12. The van der Waals surface area contributed by atoms with E-state index in [-0.39, 0.29) is 0 Å². The number of rotatable bonds is 5. The van der Waals surface area contributed by atoms with Gasteiger partial charge in [-0.2, -0.15) is 0 Å². The monoisotopic (exact) mass is 271 g/mol. The number of hydrogen-bond donors (Lipinski definition) is 1. The molecule has 0 aromatic rings. The van der Waals surface area contributed by atoms with Crippen LogP contribution in [0.3, 0.4) is 0 Å². The molecule has 0 aromatic carbocycles.